The maximum absolute atomic E-state index is 12.9. The van der Waals surface area contributed by atoms with E-state index >= 15 is 0 Å². The van der Waals surface area contributed by atoms with Crippen LogP contribution in [0.25, 0.3) is 11.3 Å². The minimum atomic E-state index is -1.52. The second kappa shape index (κ2) is 8.96. The molecule has 0 aliphatic heterocycles. The van der Waals surface area contributed by atoms with Gasteiger partial charge in [-0.3, -0.25) is 4.79 Å². The molecule has 29 heavy (non-hydrogen) atoms. The van der Waals surface area contributed by atoms with E-state index in [0.29, 0.717) is 36.1 Å². The van der Waals surface area contributed by atoms with Crippen LogP contribution in [0.1, 0.15) is 42.6 Å². The van der Waals surface area contributed by atoms with Crippen molar-refractivity contribution in [3.63, 3.8) is 0 Å². The molecule has 0 spiro atoms. The Labute approximate surface area is 166 Å². The van der Waals surface area contributed by atoms with Gasteiger partial charge in [0.1, 0.15) is 12.0 Å². The van der Waals surface area contributed by atoms with Gasteiger partial charge in [-0.2, -0.15) is 9.88 Å². The number of amides is 2. The summed E-state index contributed by atoms with van der Waals surface area (Å²) >= 11 is 0. The number of anilines is 1. The third kappa shape index (κ3) is 4.75. The van der Waals surface area contributed by atoms with Crippen molar-refractivity contribution in [2.45, 2.75) is 32.6 Å². The van der Waals surface area contributed by atoms with Crippen LogP contribution in [-0.4, -0.2) is 32.9 Å². The molecule has 0 fully saturated rings. The molecule has 0 radical (unpaired) electrons. The molecule has 3 aromatic rings. The molecule has 9 nitrogen and oxygen atoms in total. The summed E-state index contributed by atoms with van der Waals surface area (Å²) in [6.07, 6.45) is 2.88. The number of benzene rings is 1. The summed E-state index contributed by atoms with van der Waals surface area (Å²) in [4.78, 5) is 44.1. The highest BCUT2D eigenvalue weighted by atomic mass is 16.4. The van der Waals surface area contributed by atoms with Crippen LogP contribution in [0, 0.1) is 0 Å². The lowest BCUT2D eigenvalue weighted by atomic mass is 10.1. The highest BCUT2D eigenvalue weighted by molar-refractivity contribution is 6.19. The maximum Gasteiger partial charge on any atom is 0.420 e. The Balaban J connectivity index is 1.79. The summed E-state index contributed by atoms with van der Waals surface area (Å²) in [6.45, 7) is 1.52. The third-order valence-corrected chi connectivity index (χ3v) is 4.14. The van der Waals surface area contributed by atoms with Gasteiger partial charge in [0.25, 0.3) is 5.91 Å². The van der Waals surface area contributed by atoms with Crippen molar-refractivity contribution in [3.05, 3.63) is 54.6 Å². The van der Waals surface area contributed by atoms with Gasteiger partial charge in [-0.15, -0.1) is 0 Å². The van der Waals surface area contributed by atoms with Gasteiger partial charge < -0.3 is 18.7 Å². The van der Waals surface area contributed by atoms with E-state index in [1.54, 1.807) is 30.3 Å². The monoisotopic (exact) mass is 397 g/mol. The van der Waals surface area contributed by atoms with Crippen LogP contribution in [0.3, 0.4) is 0 Å². The van der Waals surface area contributed by atoms with E-state index in [2.05, 4.69) is 9.97 Å². The molecule has 1 N–H and O–H groups in total. The number of aryl methyl sites for hydroxylation is 1. The molecule has 0 unspecified atom stereocenters. The van der Waals surface area contributed by atoms with Gasteiger partial charge in [0.05, 0.1) is 0 Å². The third-order valence-electron chi connectivity index (χ3n) is 4.14. The molecular weight excluding hydrogens is 378 g/mol. The van der Waals surface area contributed by atoms with E-state index in [4.69, 9.17) is 8.83 Å². The number of hydrogen-bond acceptors (Lipinski definition) is 7. The fraction of sp³-hybridized carbons (Fsp3) is 0.250. The molecule has 0 saturated heterocycles. The van der Waals surface area contributed by atoms with Crippen molar-refractivity contribution in [1.82, 2.24) is 9.97 Å². The minimum absolute atomic E-state index is 0.0996. The van der Waals surface area contributed by atoms with Crippen molar-refractivity contribution in [2.24, 2.45) is 0 Å². The van der Waals surface area contributed by atoms with Crippen LogP contribution in [-0.2, 0) is 11.2 Å². The molecule has 9 heteroatoms. The van der Waals surface area contributed by atoms with Crippen LogP contribution in [0.15, 0.2) is 51.8 Å². The zero-order valence-corrected chi connectivity index (χ0v) is 15.7. The summed E-state index contributed by atoms with van der Waals surface area (Å²) in [5.74, 6) is -0.518. The Morgan fingerprint density at radius 1 is 1.10 bits per heavy atom. The van der Waals surface area contributed by atoms with Gasteiger partial charge in [0.15, 0.2) is 29.6 Å². The number of hydrogen-bond donors (Lipinski definition) is 1. The second-order valence-electron chi connectivity index (χ2n) is 6.33. The molecular formula is C20H19N3O6. The number of nitrogens with zero attached hydrogens (tertiary/aromatic N) is 3. The van der Waals surface area contributed by atoms with Gasteiger partial charge in [0, 0.05) is 18.4 Å². The van der Waals surface area contributed by atoms with Crippen LogP contribution >= 0.6 is 0 Å². The van der Waals surface area contributed by atoms with Gasteiger partial charge in [-0.05, 0) is 19.8 Å². The number of unbranched alkanes of at least 4 members (excludes halogenated alkanes) is 1. The van der Waals surface area contributed by atoms with Crippen LogP contribution in [0.4, 0.5) is 10.6 Å². The molecule has 1 aromatic carbocycles. The molecule has 2 amide bonds. The number of oxazole rings is 2. The highest BCUT2D eigenvalue weighted by Crippen LogP contribution is 2.26. The van der Waals surface area contributed by atoms with Crippen molar-refractivity contribution < 1.29 is 28.3 Å². The first-order valence-corrected chi connectivity index (χ1v) is 8.97. The summed E-state index contributed by atoms with van der Waals surface area (Å²) in [6, 6.07) is 8.77. The average Bonchev–Trinajstić information content (AvgIpc) is 3.35. The van der Waals surface area contributed by atoms with Gasteiger partial charge in [-0.1, -0.05) is 30.3 Å². The molecule has 0 aliphatic carbocycles. The van der Waals surface area contributed by atoms with E-state index in [1.807, 2.05) is 0 Å². The smallest absolute Gasteiger partial charge is 0.420 e. The van der Waals surface area contributed by atoms with Crippen molar-refractivity contribution >= 4 is 23.6 Å². The molecule has 3 rings (SSSR count). The number of ketones is 1. The first kappa shape index (κ1) is 20.0. The van der Waals surface area contributed by atoms with Crippen molar-refractivity contribution in [2.75, 3.05) is 4.90 Å². The van der Waals surface area contributed by atoms with Gasteiger partial charge in [0.2, 0.25) is 0 Å². The lowest BCUT2D eigenvalue weighted by molar-refractivity contribution is -0.117. The standard InChI is InChI=1S/C20H19N3O6/c1-13(24)7-5-6-10-16-22-15(11-28-16)23(20(26)27)19(25)17-18(29-12-21-17)14-8-3-2-4-9-14/h2-4,8-9,11-12H,5-7,10H2,1H3,(H,26,27). The maximum atomic E-state index is 12.9. The number of carboxylic acid groups (broad SMARTS) is 1. The number of carbonyl (C=O) groups excluding carboxylic acids is 2. The first-order valence-electron chi connectivity index (χ1n) is 8.97. The number of imide groups is 1. The Morgan fingerprint density at radius 2 is 1.86 bits per heavy atom. The molecule has 0 aliphatic rings. The number of aromatic nitrogens is 2. The van der Waals surface area contributed by atoms with Crippen LogP contribution in [0.5, 0.6) is 0 Å². The largest absolute Gasteiger partial charge is 0.464 e. The summed E-state index contributed by atoms with van der Waals surface area (Å²) in [7, 11) is 0. The molecule has 0 bridgehead atoms. The number of carbonyl (C=O) groups is 3. The molecule has 2 aromatic heterocycles. The molecule has 0 saturated carbocycles. The minimum Gasteiger partial charge on any atom is -0.464 e. The van der Waals surface area contributed by atoms with E-state index in [9.17, 15) is 19.5 Å². The predicted octanol–water partition coefficient (Wildman–Crippen LogP) is 3.96. The lowest BCUT2D eigenvalue weighted by Gasteiger charge is -2.13. The topological polar surface area (TPSA) is 127 Å². The summed E-state index contributed by atoms with van der Waals surface area (Å²) in [5, 5.41) is 9.57. The Hall–Kier alpha value is -3.75. The number of Topliss-reactive ketones (excluding diaryl/α,β-unsaturated/α-hetero) is 1. The number of rotatable bonds is 8. The predicted molar refractivity (Wildman–Crippen MR) is 102 cm³/mol. The van der Waals surface area contributed by atoms with E-state index in [-0.39, 0.29) is 28.9 Å². The zero-order valence-electron chi connectivity index (χ0n) is 15.7. The Bertz CT molecular complexity index is 1010. The van der Waals surface area contributed by atoms with E-state index in [0.717, 1.165) is 12.7 Å². The lowest BCUT2D eigenvalue weighted by Crippen LogP contribution is -2.36. The van der Waals surface area contributed by atoms with E-state index < -0.39 is 12.0 Å². The Morgan fingerprint density at radius 3 is 2.55 bits per heavy atom. The fourth-order valence-electron chi connectivity index (χ4n) is 2.76. The fourth-order valence-corrected chi connectivity index (χ4v) is 2.76. The normalized spacial score (nSPS) is 10.7. The van der Waals surface area contributed by atoms with Gasteiger partial charge in [-0.25, -0.2) is 9.78 Å². The SMILES string of the molecule is CC(=O)CCCCc1nc(N(C(=O)O)C(=O)c2ncoc2-c2ccccc2)co1. The molecule has 0 atom stereocenters. The zero-order chi connectivity index (χ0) is 20.8. The van der Waals surface area contributed by atoms with Crippen molar-refractivity contribution in [3.8, 4) is 11.3 Å². The summed E-state index contributed by atoms with van der Waals surface area (Å²) in [5.41, 5.74) is 0.439. The highest BCUT2D eigenvalue weighted by Gasteiger charge is 2.31. The molecule has 150 valence electrons. The first-order chi connectivity index (χ1) is 14.0. The average molecular weight is 397 g/mol. The summed E-state index contributed by atoms with van der Waals surface area (Å²) < 4.78 is 10.6. The van der Waals surface area contributed by atoms with Crippen LogP contribution in [0.2, 0.25) is 0 Å². The second-order valence-corrected chi connectivity index (χ2v) is 6.33. The van der Waals surface area contributed by atoms with Crippen LogP contribution < -0.4 is 4.90 Å². The van der Waals surface area contributed by atoms with Crippen molar-refractivity contribution in [1.29, 1.82) is 0 Å². The quantitative estimate of drug-likeness (QED) is 0.566. The van der Waals surface area contributed by atoms with Gasteiger partial charge >= 0.3 is 6.09 Å². The Kier molecular flexibility index (Phi) is 6.18. The molecule has 2 heterocycles. The van der Waals surface area contributed by atoms with E-state index in [1.165, 1.54) is 6.92 Å².